The Morgan fingerprint density at radius 2 is 1.96 bits per heavy atom. The van der Waals surface area contributed by atoms with Gasteiger partial charge in [-0.15, -0.1) is 6.58 Å². The lowest BCUT2D eigenvalue weighted by atomic mass is 9.44. The quantitative estimate of drug-likeness (QED) is 0.692. The SMILES string of the molecule is C=CC1(C)C=C2C(O)CC3C(CO)(CO)CC(=O)CC3(C)C2CC1. The second-order valence-electron chi connectivity index (χ2n) is 8.83. The number of aliphatic hydroxyl groups is 3. The van der Waals surface area contributed by atoms with Gasteiger partial charge in [-0.05, 0) is 42.1 Å². The number of rotatable bonds is 3. The first-order valence-electron chi connectivity index (χ1n) is 9.01. The lowest BCUT2D eigenvalue weighted by Crippen LogP contribution is -2.59. The minimum atomic E-state index is -0.810. The molecule has 0 aromatic rings. The van der Waals surface area contributed by atoms with Crippen LogP contribution in [0.2, 0.25) is 0 Å². The molecular formula is C20H30O4. The summed E-state index contributed by atoms with van der Waals surface area (Å²) in [5.74, 6) is 0.189. The number of Topliss-reactive ketones (excluding diaryl/α,β-unsaturated/α-hetero) is 1. The van der Waals surface area contributed by atoms with Crippen molar-refractivity contribution in [3.8, 4) is 0 Å². The maximum absolute atomic E-state index is 12.5. The summed E-state index contributed by atoms with van der Waals surface area (Å²) in [6.45, 7) is 7.76. The molecule has 3 N–H and O–H groups in total. The van der Waals surface area contributed by atoms with E-state index in [-0.39, 0.29) is 48.1 Å². The Balaban J connectivity index is 2.08. The van der Waals surface area contributed by atoms with E-state index in [2.05, 4.69) is 26.5 Å². The third-order valence-corrected chi connectivity index (χ3v) is 7.27. The highest BCUT2D eigenvalue weighted by atomic mass is 16.3. The van der Waals surface area contributed by atoms with Crippen molar-refractivity contribution in [2.75, 3.05) is 13.2 Å². The predicted molar refractivity (Wildman–Crippen MR) is 92.2 cm³/mol. The number of allylic oxidation sites excluding steroid dienone is 2. The van der Waals surface area contributed by atoms with Crippen molar-refractivity contribution in [1.82, 2.24) is 0 Å². The third-order valence-electron chi connectivity index (χ3n) is 7.27. The first-order valence-corrected chi connectivity index (χ1v) is 9.01. The van der Waals surface area contributed by atoms with Gasteiger partial charge in [-0.2, -0.15) is 0 Å². The van der Waals surface area contributed by atoms with Crippen LogP contribution in [0.15, 0.2) is 24.3 Å². The van der Waals surface area contributed by atoms with Crippen LogP contribution in [0.25, 0.3) is 0 Å². The molecule has 3 rings (SSSR count). The van der Waals surface area contributed by atoms with E-state index >= 15 is 0 Å². The van der Waals surface area contributed by atoms with Crippen molar-refractivity contribution in [2.45, 2.75) is 52.1 Å². The molecular weight excluding hydrogens is 304 g/mol. The largest absolute Gasteiger partial charge is 0.396 e. The molecule has 0 bridgehead atoms. The van der Waals surface area contributed by atoms with Gasteiger partial charge >= 0.3 is 0 Å². The van der Waals surface area contributed by atoms with Crippen LogP contribution in [0, 0.1) is 28.1 Å². The van der Waals surface area contributed by atoms with Crippen molar-refractivity contribution >= 4 is 5.78 Å². The summed E-state index contributed by atoms with van der Waals surface area (Å²) in [4.78, 5) is 12.5. The molecule has 4 nitrogen and oxygen atoms in total. The summed E-state index contributed by atoms with van der Waals surface area (Å²) >= 11 is 0. The van der Waals surface area contributed by atoms with Gasteiger partial charge in [0.25, 0.3) is 0 Å². The number of hydrogen-bond donors (Lipinski definition) is 3. The minimum absolute atomic E-state index is 0.0528. The molecule has 3 aliphatic carbocycles. The summed E-state index contributed by atoms with van der Waals surface area (Å²) in [5, 5.41) is 30.8. The van der Waals surface area contributed by atoms with Crippen molar-refractivity contribution in [2.24, 2.45) is 28.1 Å². The van der Waals surface area contributed by atoms with E-state index in [1.165, 1.54) is 0 Å². The highest BCUT2D eigenvalue weighted by Crippen LogP contribution is 2.63. The van der Waals surface area contributed by atoms with E-state index in [0.717, 1.165) is 18.4 Å². The molecule has 0 spiro atoms. The van der Waals surface area contributed by atoms with Gasteiger partial charge in [-0.25, -0.2) is 0 Å². The number of fused-ring (bicyclic) bond motifs is 3. The maximum Gasteiger partial charge on any atom is 0.134 e. The van der Waals surface area contributed by atoms with Gasteiger partial charge in [0, 0.05) is 23.7 Å². The summed E-state index contributed by atoms with van der Waals surface area (Å²) in [6, 6.07) is 0. The molecule has 3 aliphatic rings. The second-order valence-corrected chi connectivity index (χ2v) is 8.83. The fraction of sp³-hybridized carbons (Fsp3) is 0.750. The molecule has 134 valence electrons. The van der Waals surface area contributed by atoms with Crippen molar-refractivity contribution < 1.29 is 20.1 Å². The molecule has 0 heterocycles. The molecule has 0 aromatic heterocycles. The fourth-order valence-corrected chi connectivity index (χ4v) is 5.83. The monoisotopic (exact) mass is 334 g/mol. The number of ketones is 1. The third kappa shape index (κ3) is 2.42. The molecule has 0 radical (unpaired) electrons. The van der Waals surface area contributed by atoms with Gasteiger partial charge < -0.3 is 15.3 Å². The molecule has 2 fully saturated rings. The molecule has 2 saturated carbocycles. The topological polar surface area (TPSA) is 77.8 Å². The Kier molecular flexibility index (Phi) is 4.30. The van der Waals surface area contributed by atoms with E-state index in [9.17, 15) is 20.1 Å². The molecule has 0 amide bonds. The molecule has 4 heteroatoms. The first kappa shape index (κ1) is 17.8. The Morgan fingerprint density at radius 1 is 1.29 bits per heavy atom. The van der Waals surface area contributed by atoms with Crippen molar-refractivity contribution in [3.05, 3.63) is 24.3 Å². The molecule has 24 heavy (non-hydrogen) atoms. The van der Waals surface area contributed by atoms with Gasteiger partial charge in [-0.3, -0.25) is 4.79 Å². The predicted octanol–water partition coefficient (Wildman–Crippen LogP) is 2.24. The lowest BCUT2D eigenvalue weighted by molar-refractivity contribution is -0.160. The summed E-state index contributed by atoms with van der Waals surface area (Å²) in [5.41, 5.74) is -0.203. The van der Waals surface area contributed by atoms with Crippen molar-refractivity contribution in [3.63, 3.8) is 0 Å². The van der Waals surface area contributed by atoms with Crippen LogP contribution >= 0.6 is 0 Å². The van der Waals surface area contributed by atoms with Crippen LogP contribution in [0.5, 0.6) is 0 Å². The number of carbonyl (C=O) groups excluding carboxylic acids is 1. The van der Waals surface area contributed by atoms with E-state index < -0.39 is 11.5 Å². The van der Waals surface area contributed by atoms with E-state index in [1.54, 1.807) is 0 Å². The minimum Gasteiger partial charge on any atom is -0.396 e. The van der Waals surface area contributed by atoms with Crippen LogP contribution < -0.4 is 0 Å². The second kappa shape index (κ2) is 5.79. The number of carbonyl (C=O) groups is 1. The average Bonchev–Trinajstić information content (AvgIpc) is 2.56. The molecule has 5 atom stereocenters. The van der Waals surface area contributed by atoms with Gasteiger partial charge in [0.2, 0.25) is 0 Å². The number of hydrogen-bond acceptors (Lipinski definition) is 4. The highest BCUT2D eigenvalue weighted by molar-refractivity contribution is 5.81. The van der Waals surface area contributed by atoms with E-state index in [4.69, 9.17) is 0 Å². The zero-order chi connectivity index (χ0) is 17.8. The van der Waals surface area contributed by atoms with Crippen LogP contribution in [-0.2, 0) is 4.79 Å². The maximum atomic E-state index is 12.5. The highest BCUT2D eigenvalue weighted by Gasteiger charge is 2.60. The summed E-state index contributed by atoms with van der Waals surface area (Å²) in [6.07, 6.45) is 6.55. The van der Waals surface area contributed by atoms with Gasteiger partial charge in [-0.1, -0.05) is 26.0 Å². The lowest BCUT2D eigenvalue weighted by Gasteiger charge is -2.60. The zero-order valence-electron chi connectivity index (χ0n) is 14.8. The Labute approximate surface area is 144 Å². The van der Waals surface area contributed by atoms with Crippen LogP contribution in [0.3, 0.4) is 0 Å². The normalized spacial score (nSPS) is 44.3. The molecule has 5 unspecified atom stereocenters. The van der Waals surface area contributed by atoms with Gasteiger partial charge in [0.05, 0.1) is 19.3 Å². The van der Waals surface area contributed by atoms with Crippen LogP contribution in [-0.4, -0.2) is 40.4 Å². The summed E-state index contributed by atoms with van der Waals surface area (Å²) in [7, 11) is 0. The summed E-state index contributed by atoms with van der Waals surface area (Å²) < 4.78 is 0. The average molecular weight is 334 g/mol. The first-order chi connectivity index (χ1) is 11.2. The smallest absolute Gasteiger partial charge is 0.134 e. The number of aliphatic hydroxyl groups excluding tert-OH is 3. The fourth-order valence-electron chi connectivity index (χ4n) is 5.83. The van der Waals surface area contributed by atoms with E-state index in [1.807, 2.05) is 6.08 Å². The van der Waals surface area contributed by atoms with E-state index in [0.29, 0.717) is 12.8 Å². The van der Waals surface area contributed by atoms with Gasteiger partial charge in [0.15, 0.2) is 0 Å². The standard InChI is InChI=1S/C20H30O4/c1-4-18(2)6-5-15-14(10-18)16(24)7-17-19(15,3)8-13(23)9-20(17,11-21)12-22/h4,10,15-17,21-22,24H,1,5-9,11-12H2,2-3H3. The Morgan fingerprint density at radius 3 is 2.54 bits per heavy atom. The van der Waals surface area contributed by atoms with Crippen LogP contribution in [0.1, 0.15) is 46.0 Å². The van der Waals surface area contributed by atoms with Crippen molar-refractivity contribution in [1.29, 1.82) is 0 Å². The van der Waals surface area contributed by atoms with Gasteiger partial charge in [0.1, 0.15) is 5.78 Å². The Bertz CT molecular complexity index is 576. The Hall–Kier alpha value is -0.970. The molecule has 0 saturated heterocycles. The molecule has 0 aromatic carbocycles. The molecule has 0 aliphatic heterocycles. The zero-order valence-corrected chi connectivity index (χ0v) is 14.8. The van der Waals surface area contributed by atoms with Crippen LogP contribution in [0.4, 0.5) is 0 Å².